The summed E-state index contributed by atoms with van der Waals surface area (Å²) in [5, 5.41) is 12.8. The predicted molar refractivity (Wildman–Crippen MR) is 122 cm³/mol. The SMILES string of the molecule is S=C(Nc1ccccc1)N1N=C(c2cccs2)C[C@@H]1c1cccc2nccnc12. The van der Waals surface area contributed by atoms with E-state index in [4.69, 9.17) is 17.3 Å². The van der Waals surface area contributed by atoms with Crippen molar-refractivity contribution in [3.05, 3.63) is 88.9 Å². The molecular weight excluding hydrogens is 398 g/mol. The topological polar surface area (TPSA) is 53.4 Å². The van der Waals surface area contributed by atoms with Crippen LogP contribution in [0.4, 0.5) is 5.69 Å². The zero-order valence-corrected chi connectivity index (χ0v) is 17.0. The second-order valence-corrected chi connectivity index (χ2v) is 7.99. The lowest BCUT2D eigenvalue weighted by molar-refractivity contribution is 0.377. The minimum Gasteiger partial charge on any atom is -0.331 e. The van der Waals surface area contributed by atoms with Crippen LogP contribution in [-0.2, 0) is 0 Å². The van der Waals surface area contributed by atoms with Crippen molar-refractivity contribution in [3.63, 3.8) is 0 Å². The van der Waals surface area contributed by atoms with Gasteiger partial charge >= 0.3 is 0 Å². The molecule has 1 aliphatic rings. The second-order valence-electron chi connectivity index (χ2n) is 6.66. The molecule has 0 saturated heterocycles. The van der Waals surface area contributed by atoms with E-state index in [1.807, 2.05) is 53.5 Å². The highest BCUT2D eigenvalue weighted by molar-refractivity contribution is 7.80. The van der Waals surface area contributed by atoms with E-state index in [2.05, 4.69) is 32.8 Å². The van der Waals surface area contributed by atoms with E-state index >= 15 is 0 Å². The molecule has 2 aromatic carbocycles. The van der Waals surface area contributed by atoms with E-state index in [1.54, 1.807) is 23.7 Å². The lowest BCUT2D eigenvalue weighted by Gasteiger charge is -2.25. The van der Waals surface area contributed by atoms with Gasteiger partial charge in [-0.3, -0.25) is 9.97 Å². The van der Waals surface area contributed by atoms with Crippen molar-refractivity contribution in [3.8, 4) is 0 Å². The van der Waals surface area contributed by atoms with Crippen molar-refractivity contribution in [2.24, 2.45) is 5.10 Å². The minimum atomic E-state index is -0.0452. The number of benzene rings is 2. The Morgan fingerprint density at radius 3 is 2.69 bits per heavy atom. The fourth-order valence-corrected chi connectivity index (χ4v) is 4.52. The van der Waals surface area contributed by atoms with E-state index in [-0.39, 0.29) is 6.04 Å². The van der Waals surface area contributed by atoms with Crippen molar-refractivity contribution in [2.75, 3.05) is 5.32 Å². The molecule has 2 aromatic heterocycles. The molecule has 142 valence electrons. The summed E-state index contributed by atoms with van der Waals surface area (Å²) < 4.78 is 0. The van der Waals surface area contributed by atoms with Crippen LogP contribution >= 0.6 is 23.6 Å². The van der Waals surface area contributed by atoms with Gasteiger partial charge in [0.05, 0.1) is 27.7 Å². The first-order chi connectivity index (χ1) is 14.3. The Bertz CT molecular complexity index is 1180. The number of thiophene rings is 1. The van der Waals surface area contributed by atoms with Crippen LogP contribution in [0, 0.1) is 0 Å². The maximum atomic E-state index is 5.75. The third-order valence-corrected chi connectivity index (χ3v) is 6.05. The smallest absolute Gasteiger partial charge is 0.194 e. The first kappa shape index (κ1) is 17.9. The standard InChI is InChI=1S/C22H17N5S2/c28-22(25-15-6-2-1-3-7-15)27-19(14-18(26-27)20-10-5-13-29-20)16-8-4-9-17-21(16)24-12-11-23-17/h1-13,19H,14H2,(H,25,28)/t19-/m1/s1. The van der Waals surface area contributed by atoms with Gasteiger partial charge in [-0.1, -0.05) is 36.4 Å². The van der Waals surface area contributed by atoms with E-state index in [0.29, 0.717) is 5.11 Å². The molecule has 0 unspecified atom stereocenters. The first-order valence-corrected chi connectivity index (χ1v) is 10.5. The fraction of sp³-hybridized carbons (Fsp3) is 0.0909. The van der Waals surface area contributed by atoms with Crippen LogP contribution in [-0.4, -0.2) is 25.8 Å². The molecule has 0 saturated carbocycles. The number of aromatic nitrogens is 2. The first-order valence-electron chi connectivity index (χ1n) is 9.26. The van der Waals surface area contributed by atoms with Crippen LogP contribution in [0.5, 0.6) is 0 Å². The van der Waals surface area contributed by atoms with Gasteiger partial charge in [0.25, 0.3) is 0 Å². The Balaban J connectivity index is 1.55. The van der Waals surface area contributed by atoms with Crippen molar-refractivity contribution in [1.82, 2.24) is 15.0 Å². The molecule has 5 rings (SSSR count). The molecule has 0 aliphatic carbocycles. The largest absolute Gasteiger partial charge is 0.331 e. The Morgan fingerprint density at radius 1 is 1.00 bits per heavy atom. The Morgan fingerprint density at radius 2 is 1.86 bits per heavy atom. The number of thiocarbonyl (C=S) groups is 1. The van der Waals surface area contributed by atoms with Gasteiger partial charge < -0.3 is 5.32 Å². The fourth-order valence-electron chi connectivity index (χ4n) is 3.52. The van der Waals surface area contributed by atoms with Gasteiger partial charge in [0, 0.05) is 30.1 Å². The van der Waals surface area contributed by atoms with Gasteiger partial charge in [-0.15, -0.1) is 11.3 Å². The Labute approximate surface area is 177 Å². The summed E-state index contributed by atoms with van der Waals surface area (Å²) in [4.78, 5) is 10.2. The lowest BCUT2D eigenvalue weighted by Crippen LogP contribution is -2.31. The van der Waals surface area contributed by atoms with Crippen LogP contribution in [0.15, 0.2) is 83.5 Å². The number of hydrogen-bond donors (Lipinski definition) is 1. The summed E-state index contributed by atoms with van der Waals surface area (Å²) in [6.07, 6.45) is 4.20. The number of para-hydroxylation sites is 2. The summed E-state index contributed by atoms with van der Waals surface area (Å²) in [6.45, 7) is 0. The molecular formula is C22H17N5S2. The summed E-state index contributed by atoms with van der Waals surface area (Å²) in [7, 11) is 0. The molecule has 29 heavy (non-hydrogen) atoms. The molecule has 3 heterocycles. The maximum Gasteiger partial charge on any atom is 0.194 e. The van der Waals surface area contributed by atoms with Crippen molar-refractivity contribution in [2.45, 2.75) is 12.5 Å². The molecule has 0 radical (unpaired) electrons. The second kappa shape index (κ2) is 7.69. The predicted octanol–water partition coefficient (Wildman–Crippen LogP) is 5.24. The van der Waals surface area contributed by atoms with Gasteiger partial charge in [0.2, 0.25) is 0 Å². The van der Waals surface area contributed by atoms with Gasteiger partial charge in [-0.25, -0.2) is 5.01 Å². The molecule has 0 spiro atoms. The quantitative estimate of drug-likeness (QED) is 0.464. The minimum absolute atomic E-state index is 0.0452. The molecule has 7 heteroatoms. The van der Waals surface area contributed by atoms with Crippen LogP contribution in [0.25, 0.3) is 11.0 Å². The normalized spacial score (nSPS) is 16.1. The Hall–Kier alpha value is -3.16. The molecule has 1 atom stereocenters. The van der Waals surface area contributed by atoms with Gasteiger partial charge in [0.1, 0.15) is 0 Å². The highest BCUT2D eigenvalue weighted by atomic mass is 32.1. The number of rotatable bonds is 3. The van der Waals surface area contributed by atoms with Crippen molar-refractivity contribution in [1.29, 1.82) is 0 Å². The monoisotopic (exact) mass is 415 g/mol. The van der Waals surface area contributed by atoms with Crippen LogP contribution in [0.3, 0.4) is 0 Å². The highest BCUT2D eigenvalue weighted by Crippen LogP contribution is 2.36. The van der Waals surface area contributed by atoms with E-state index in [0.717, 1.165) is 39.3 Å². The molecule has 0 fully saturated rings. The van der Waals surface area contributed by atoms with Crippen molar-refractivity contribution >= 4 is 51.1 Å². The Kier molecular flexibility index (Phi) is 4.75. The average Bonchev–Trinajstić information content (AvgIpc) is 3.44. The molecule has 1 aliphatic heterocycles. The van der Waals surface area contributed by atoms with E-state index in [1.165, 1.54) is 0 Å². The summed E-state index contributed by atoms with van der Waals surface area (Å²) >= 11 is 7.44. The van der Waals surface area contributed by atoms with Gasteiger partial charge in [-0.2, -0.15) is 5.10 Å². The van der Waals surface area contributed by atoms with Gasteiger partial charge in [0.15, 0.2) is 5.11 Å². The average molecular weight is 416 g/mol. The number of nitrogens with zero attached hydrogens (tertiary/aromatic N) is 4. The maximum absolute atomic E-state index is 5.75. The molecule has 1 N–H and O–H groups in total. The van der Waals surface area contributed by atoms with Crippen molar-refractivity contribution < 1.29 is 0 Å². The van der Waals surface area contributed by atoms with Gasteiger partial charge in [-0.05, 0) is 41.9 Å². The number of fused-ring (bicyclic) bond motifs is 1. The van der Waals surface area contributed by atoms with Crippen LogP contribution in [0.1, 0.15) is 22.9 Å². The third kappa shape index (κ3) is 3.50. The number of anilines is 1. The molecule has 0 amide bonds. The molecule has 0 bridgehead atoms. The summed E-state index contributed by atoms with van der Waals surface area (Å²) in [5.74, 6) is 0. The summed E-state index contributed by atoms with van der Waals surface area (Å²) in [5.41, 5.74) is 4.80. The van der Waals surface area contributed by atoms with E-state index < -0.39 is 0 Å². The van der Waals surface area contributed by atoms with Crippen LogP contribution in [0.2, 0.25) is 0 Å². The highest BCUT2D eigenvalue weighted by Gasteiger charge is 2.33. The number of hydrogen-bond acceptors (Lipinski definition) is 5. The third-order valence-electron chi connectivity index (χ3n) is 4.84. The molecule has 4 aromatic rings. The number of nitrogens with one attached hydrogen (secondary N) is 1. The zero-order chi connectivity index (χ0) is 19.6. The zero-order valence-electron chi connectivity index (χ0n) is 15.4. The summed E-state index contributed by atoms with van der Waals surface area (Å²) in [6, 6.07) is 20.1. The molecule has 5 nitrogen and oxygen atoms in total. The van der Waals surface area contributed by atoms with E-state index in [9.17, 15) is 0 Å². The van der Waals surface area contributed by atoms with Crippen LogP contribution < -0.4 is 5.32 Å². The number of hydrazone groups is 1. The lowest BCUT2D eigenvalue weighted by atomic mass is 9.99.